The summed E-state index contributed by atoms with van der Waals surface area (Å²) >= 11 is 7.34. The molecule has 0 saturated heterocycles. The van der Waals surface area contributed by atoms with Crippen molar-refractivity contribution in [3.8, 4) is 0 Å². The molecule has 5 nitrogen and oxygen atoms in total. The largest absolute Gasteiger partial charge is 0.330 e. The van der Waals surface area contributed by atoms with Crippen molar-refractivity contribution in [1.29, 1.82) is 0 Å². The highest BCUT2D eigenvalue weighted by Crippen LogP contribution is 2.18. The second-order valence-electron chi connectivity index (χ2n) is 4.19. The molecule has 0 aliphatic heterocycles. The third-order valence-corrected chi connectivity index (χ3v) is 4.14. The molecule has 1 atom stereocenters. The number of thiazole rings is 1. The first kappa shape index (κ1) is 14.0. The van der Waals surface area contributed by atoms with Crippen LogP contribution in [0.1, 0.15) is 36.9 Å². The van der Waals surface area contributed by atoms with E-state index < -0.39 is 11.7 Å². The number of H-pyrrole nitrogens is 1. The first-order chi connectivity index (χ1) is 9.06. The van der Waals surface area contributed by atoms with Crippen LogP contribution in [0.3, 0.4) is 0 Å². The maximum atomic E-state index is 12.4. The molecule has 0 spiro atoms. The van der Waals surface area contributed by atoms with E-state index in [4.69, 9.17) is 11.6 Å². The second-order valence-corrected chi connectivity index (χ2v) is 5.50. The molecule has 102 valence electrons. The predicted octanol–water partition coefficient (Wildman–Crippen LogP) is 2.21. The lowest BCUT2D eigenvalue weighted by Gasteiger charge is -2.13. The molecule has 2 aromatic heterocycles. The average molecular weight is 300 g/mol. The molecular weight excluding hydrogens is 286 g/mol. The highest BCUT2D eigenvalue weighted by atomic mass is 35.5. The zero-order valence-electron chi connectivity index (χ0n) is 10.6. The van der Waals surface area contributed by atoms with Gasteiger partial charge in [0.25, 0.3) is 5.56 Å². The smallest absolute Gasteiger partial charge is 0.297 e. The number of rotatable bonds is 4. The molecule has 0 aromatic carbocycles. The molecular formula is C12H14ClN3O2S. The molecule has 0 aliphatic rings. The quantitative estimate of drug-likeness (QED) is 0.880. The molecule has 0 bridgehead atoms. The van der Waals surface area contributed by atoms with E-state index in [2.05, 4.69) is 9.97 Å². The zero-order valence-corrected chi connectivity index (χ0v) is 12.2. The van der Waals surface area contributed by atoms with Gasteiger partial charge in [-0.15, -0.1) is 11.3 Å². The monoisotopic (exact) mass is 299 g/mol. The van der Waals surface area contributed by atoms with E-state index in [1.165, 1.54) is 15.9 Å². The summed E-state index contributed by atoms with van der Waals surface area (Å²) in [7, 11) is 0. The summed E-state index contributed by atoms with van der Waals surface area (Å²) in [5.41, 5.74) is -0.386. The number of hydrogen-bond donors (Lipinski definition) is 1. The van der Waals surface area contributed by atoms with E-state index in [0.29, 0.717) is 12.0 Å². The average Bonchev–Trinajstić information content (AvgIpc) is 2.87. The second kappa shape index (κ2) is 5.71. The van der Waals surface area contributed by atoms with Crippen LogP contribution < -0.4 is 11.2 Å². The fraction of sp³-hybridized carbons (Fsp3) is 0.417. The Hall–Kier alpha value is -1.40. The number of nitrogens with one attached hydrogen (secondary N) is 1. The van der Waals surface area contributed by atoms with Crippen LogP contribution >= 0.6 is 22.9 Å². The van der Waals surface area contributed by atoms with Gasteiger partial charge in [0, 0.05) is 11.6 Å². The maximum Gasteiger partial charge on any atom is 0.330 e. The van der Waals surface area contributed by atoms with Crippen molar-refractivity contribution in [3.63, 3.8) is 0 Å². The van der Waals surface area contributed by atoms with Gasteiger partial charge in [-0.1, -0.05) is 24.9 Å². The Labute approximate surface area is 118 Å². The molecule has 0 saturated carbocycles. The molecule has 0 aliphatic carbocycles. The van der Waals surface area contributed by atoms with Gasteiger partial charge in [-0.25, -0.2) is 9.78 Å². The Morgan fingerprint density at radius 3 is 2.84 bits per heavy atom. The van der Waals surface area contributed by atoms with Crippen LogP contribution in [0.15, 0.2) is 21.2 Å². The lowest BCUT2D eigenvalue weighted by atomic mass is 10.2. The van der Waals surface area contributed by atoms with Gasteiger partial charge >= 0.3 is 5.69 Å². The number of aromatic nitrogens is 3. The number of nitrogens with zero attached hydrogens (tertiary/aromatic N) is 2. The van der Waals surface area contributed by atoms with Gasteiger partial charge in [0.05, 0.1) is 11.6 Å². The fourth-order valence-electron chi connectivity index (χ4n) is 1.93. The van der Waals surface area contributed by atoms with Crippen molar-refractivity contribution in [3.05, 3.63) is 48.1 Å². The van der Waals surface area contributed by atoms with Crippen LogP contribution in [0.4, 0.5) is 0 Å². The molecule has 0 radical (unpaired) electrons. The van der Waals surface area contributed by atoms with Crippen molar-refractivity contribution in [2.75, 3.05) is 0 Å². The minimum Gasteiger partial charge on any atom is -0.297 e. The molecule has 2 heterocycles. The van der Waals surface area contributed by atoms with Gasteiger partial charge in [-0.05, 0) is 13.3 Å². The van der Waals surface area contributed by atoms with Crippen LogP contribution in [0.5, 0.6) is 0 Å². The van der Waals surface area contributed by atoms with Gasteiger partial charge < -0.3 is 0 Å². The van der Waals surface area contributed by atoms with E-state index in [1.807, 2.05) is 12.3 Å². The third-order valence-electron chi connectivity index (χ3n) is 2.87. The van der Waals surface area contributed by atoms with Crippen molar-refractivity contribution in [1.82, 2.24) is 14.5 Å². The van der Waals surface area contributed by atoms with Crippen LogP contribution in [-0.2, 0) is 6.42 Å². The molecule has 7 heteroatoms. The Balaban J connectivity index is 2.61. The van der Waals surface area contributed by atoms with Crippen molar-refractivity contribution < 1.29 is 0 Å². The lowest BCUT2D eigenvalue weighted by Crippen LogP contribution is -2.39. The number of hydrogen-bond acceptors (Lipinski definition) is 4. The first-order valence-electron chi connectivity index (χ1n) is 5.98. The molecule has 1 unspecified atom stereocenters. The molecule has 1 N–H and O–H groups in total. The Bertz CT molecular complexity index is 675. The van der Waals surface area contributed by atoms with E-state index in [1.54, 1.807) is 13.1 Å². The number of halogens is 1. The summed E-state index contributed by atoms with van der Waals surface area (Å²) in [5.74, 6) is 0. The van der Waals surface area contributed by atoms with E-state index >= 15 is 0 Å². The Kier molecular flexibility index (Phi) is 4.21. The number of aromatic amines is 1. The van der Waals surface area contributed by atoms with Gasteiger partial charge in [0.1, 0.15) is 10.2 Å². The van der Waals surface area contributed by atoms with Crippen molar-refractivity contribution >= 4 is 22.9 Å². The van der Waals surface area contributed by atoms with Crippen LogP contribution in [0, 0.1) is 0 Å². The highest BCUT2D eigenvalue weighted by Gasteiger charge is 2.19. The SMILES string of the molecule is CCCc1c(Cl)[nH]c(=O)n(C(C)c2nccs2)c1=O. The lowest BCUT2D eigenvalue weighted by molar-refractivity contribution is 0.567. The van der Waals surface area contributed by atoms with Crippen molar-refractivity contribution in [2.24, 2.45) is 0 Å². The van der Waals surface area contributed by atoms with Crippen molar-refractivity contribution in [2.45, 2.75) is 32.7 Å². The predicted molar refractivity (Wildman–Crippen MR) is 76.3 cm³/mol. The Morgan fingerprint density at radius 1 is 1.53 bits per heavy atom. The standard InChI is InChI=1S/C12H14ClN3O2S/c1-3-4-8-9(13)15-12(18)16(11(8)17)7(2)10-14-5-6-19-10/h5-7H,3-4H2,1-2H3,(H,15,18). The summed E-state index contributed by atoms with van der Waals surface area (Å²) in [6.07, 6.45) is 2.98. The van der Waals surface area contributed by atoms with Gasteiger partial charge in [0.15, 0.2) is 0 Å². The summed E-state index contributed by atoms with van der Waals surface area (Å²) in [5, 5.41) is 2.67. The van der Waals surface area contributed by atoms with Crippen LogP contribution in [-0.4, -0.2) is 14.5 Å². The third kappa shape index (κ3) is 2.64. The summed E-state index contributed by atoms with van der Waals surface area (Å²) in [6, 6.07) is -0.399. The van der Waals surface area contributed by atoms with E-state index in [0.717, 1.165) is 11.4 Å². The molecule has 2 aromatic rings. The van der Waals surface area contributed by atoms with E-state index in [9.17, 15) is 9.59 Å². The normalized spacial score (nSPS) is 12.6. The highest BCUT2D eigenvalue weighted by molar-refractivity contribution is 7.09. The summed E-state index contributed by atoms with van der Waals surface area (Å²) in [4.78, 5) is 31.0. The van der Waals surface area contributed by atoms with Crippen LogP contribution in [0.25, 0.3) is 0 Å². The van der Waals surface area contributed by atoms with Gasteiger partial charge in [0.2, 0.25) is 0 Å². The maximum absolute atomic E-state index is 12.4. The molecule has 0 amide bonds. The first-order valence-corrected chi connectivity index (χ1v) is 7.24. The zero-order chi connectivity index (χ0) is 14.0. The topological polar surface area (TPSA) is 67.8 Å². The fourth-order valence-corrected chi connectivity index (χ4v) is 2.87. The van der Waals surface area contributed by atoms with Gasteiger partial charge in [-0.2, -0.15) is 0 Å². The molecule has 2 rings (SSSR count). The summed E-state index contributed by atoms with van der Waals surface area (Å²) in [6.45, 7) is 3.73. The van der Waals surface area contributed by atoms with Crippen LogP contribution in [0.2, 0.25) is 5.15 Å². The van der Waals surface area contributed by atoms with E-state index in [-0.39, 0.29) is 10.7 Å². The molecule has 19 heavy (non-hydrogen) atoms. The molecule has 0 fully saturated rings. The minimum absolute atomic E-state index is 0.138. The summed E-state index contributed by atoms with van der Waals surface area (Å²) < 4.78 is 1.18. The Morgan fingerprint density at radius 2 is 2.26 bits per heavy atom. The minimum atomic E-state index is -0.502. The van der Waals surface area contributed by atoms with Gasteiger partial charge in [-0.3, -0.25) is 14.3 Å².